The van der Waals surface area contributed by atoms with E-state index in [0.717, 1.165) is 0 Å². The van der Waals surface area contributed by atoms with Crippen LogP contribution < -0.4 is 0 Å². The minimum atomic E-state index is -1.22. The summed E-state index contributed by atoms with van der Waals surface area (Å²) >= 11 is 0. The first-order valence-corrected chi connectivity index (χ1v) is 3.75. The molecule has 72 valence electrons. The van der Waals surface area contributed by atoms with E-state index in [2.05, 4.69) is 0 Å². The van der Waals surface area contributed by atoms with Crippen LogP contribution in [0.15, 0.2) is 0 Å². The van der Waals surface area contributed by atoms with Crippen molar-refractivity contribution in [2.24, 2.45) is 0 Å². The van der Waals surface area contributed by atoms with Crippen LogP contribution in [0.1, 0.15) is 6.92 Å². The highest BCUT2D eigenvalue weighted by atomic mass is 16.7. The number of aliphatic hydroxyl groups excluding tert-OH is 3. The Morgan fingerprint density at radius 3 is 2.33 bits per heavy atom. The van der Waals surface area contributed by atoms with Crippen LogP contribution in [0.2, 0.25) is 0 Å². The summed E-state index contributed by atoms with van der Waals surface area (Å²) in [6.07, 6.45) is -3.00. The molecule has 1 heterocycles. The van der Waals surface area contributed by atoms with Gasteiger partial charge in [-0.3, -0.25) is 0 Å². The molecule has 0 aromatic heterocycles. The Kier molecular flexibility index (Phi) is 2.70. The summed E-state index contributed by atoms with van der Waals surface area (Å²) in [5.74, 6) is -1.22. The second kappa shape index (κ2) is 3.27. The Labute approximate surface area is 70.5 Å². The largest absolute Gasteiger partial charge is 0.394 e. The third kappa shape index (κ3) is 1.34. The average Bonchev–Trinajstić information content (AvgIpc) is 2.31. The molecule has 0 spiro atoms. The van der Waals surface area contributed by atoms with Crippen LogP contribution in [0.25, 0.3) is 0 Å². The fourth-order valence-electron chi connectivity index (χ4n) is 1.27. The molecular formula is C7H14O5. The van der Waals surface area contributed by atoms with Gasteiger partial charge in [0.2, 0.25) is 0 Å². The molecule has 1 aliphatic heterocycles. The minimum absolute atomic E-state index is 0.336. The van der Waals surface area contributed by atoms with Gasteiger partial charge in [0.1, 0.15) is 18.3 Å². The molecule has 5 heteroatoms. The predicted octanol–water partition coefficient (Wildman–Crippen LogP) is -1.54. The molecule has 0 radical (unpaired) electrons. The normalized spacial score (nSPS) is 48.2. The minimum Gasteiger partial charge on any atom is -0.394 e. The summed E-state index contributed by atoms with van der Waals surface area (Å²) in [6.45, 7) is 1.17. The van der Waals surface area contributed by atoms with Crippen LogP contribution in [-0.4, -0.2) is 53.1 Å². The number of rotatable bonds is 2. The van der Waals surface area contributed by atoms with Crippen LogP contribution in [0.5, 0.6) is 0 Å². The lowest BCUT2D eigenvalue weighted by Gasteiger charge is -2.25. The third-order valence-corrected chi connectivity index (χ3v) is 2.21. The second-order valence-corrected chi connectivity index (χ2v) is 2.99. The number of aliphatic hydroxyl groups is 3. The van der Waals surface area contributed by atoms with Crippen molar-refractivity contribution < 1.29 is 24.8 Å². The Morgan fingerprint density at radius 1 is 1.50 bits per heavy atom. The molecule has 1 saturated heterocycles. The van der Waals surface area contributed by atoms with Gasteiger partial charge in [0.15, 0.2) is 5.79 Å². The zero-order valence-corrected chi connectivity index (χ0v) is 7.10. The predicted molar refractivity (Wildman–Crippen MR) is 39.4 cm³/mol. The maximum atomic E-state index is 9.41. The monoisotopic (exact) mass is 178 g/mol. The summed E-state index contributed by atoms with van der Waals surface area (Å²) in [4.78, 5) is 0. The summed E-state index contributed by atoms with van der Waals surface area (Å²) in [5.41, 5.74) is 0. The van der Waals surface area contributed by atoms with Crippen molar-refractivity contribution in [2.45, 2.75) is 31.0 Å². The Morgan fingerprint density at radius 2 is 2.08 bits per heavy atom. The standard InChI is InChI=1S/C7H14O5/c1-7(11-2)6(10)5(9)4(3-8)12-7/h4-6,8-10H,3H2,1-2H3/t4-,5-,6-,7?/m1/s1. The molecule has 1 unspecified atom stereocenters. The zero-order chi connectivity index (χ0) is 9.35. The number of hydrogen-bond acceptors (Lipinski definition) is 5. The fourth-order valence-corrected chi connectivity index (χ4v) is 1.27. The van der Waals surface area contributed by atoms with Crippen molar-refractivity contribution in [1.29, 1.82) is 0 Å². The van der Waals surface area contributed by atoms with Crippen LogP contribution in [0.4, 0.5) is 0 Å². The third-order valence-electron chi connectivity index (χ3n) is 2.21. The molecule has 1 rings (SSSR count). The van der Waals surface area contributed by atoms with Crippen molar-refractivity contribution in [3.05, 3.63) is 0 Å². The van der Waals surface area contributed by atoms with E-state index in [0.29, 0.717) is 0 Å². The van der Waals surface area contributed by atoms with Crippen LogP contribution in [0.3, 0.4) is 0 Å². The molecule has 3 N–H and O–H groups in total. The molecule has 1 fully saturated rings. The molecule has 4 atom stereocenters. The Bertz CT molecular complexity index is 162. The summed E-state index contributed by atoms with van der Waals surface area (Å²) in [5, 5.41) is 27.4. The van der Waals surface area contributed by atoms with E-state index in [1.54, 1.807) is 0 Å². The molecule has 0 bridgehead atoms. The molecule has 12 heavy (non-hydrogen) atoms. The Hall–Kier alpha value is -0.200. The van der Waals surface area contributed by atoms with Gasteiger partial charge in [-0.2, -0.15) is 0 Å². The Balaban J connectivity index is 2.72. The van der Waals surface area contributed by atoms with Crippen molar-refractivity contribution in [1.82, 2.24) is 0 Å². The molecule has 0 aliphatic carbocycles. The highest BCUT2D eigenvalue weighted by Gasteiger charge is 2.51. The summed E-state index contributed by atoms with van der Waals surface area (Å²) in [6, 6.07) is 0. The summed E-state index contributed by atoms with van der Waals surface area (Å²) in [7, 11) is 1.37. The molecule has 0 saturated carbocycles. The molecular weight excluding hydrogens is 164 g/mol. The van der Waals surface area contributed by atoms with Gasteiger partial charge in [-0.05, 0) is 6.92 Å². The van der Waals surface area contributed by atoms with E-state index >= 15 is 0 Å². The van der Waals surface area contributed by atoms with Crippen molar-refractivity contribution in [2.75, 3.05) is 13.7 Å². The van der Waals surface area contributed by atoms with E-state index in [1.165, 1.54) is 14.0 Å². The van der Waals surface area contributed by atoms with Gasteiger partial charge in [0.05, 0.1) is 6.61 Å². The van der Waals surface area contributed by atoms with Gasteiger partial charge in [0.25, 0.3) is 0 Å². The van der Waals surface area contributed by atoms with Gasteiger partial charge >= 0.3 is 0 Å². The molecule has 5 nitrogen and oxygen atoms in total. The van der Waals surface area contributed by atoms with Crippen molar-refractivity contribution >= 4 is 0 Å². The van der Waals surface area contributed by atoms with Gasteiger partial charge in [-0.25, -0.2) is 0 Å². The number of hydrogen-bond donors (Lipinski definition) is 3. The highest BCUT2D eigenvalue weighted by molar-refractivity contribution is 4.93. The zero-order valence-electron chi connectivity index (χ0n) is 7.10. The van der Waals surface area contributed by atoms with E-state index < -0.39 is 24.1 Å². The first kappa shape index (κ1) is 9.88. The van der Waals surface area contributed by atoms with Gasteiger partial charge < -0.3 is 24.8 Å². The maximum absolute atomic E-state index is 9.41. The van der Waals surface area contributed by atoms with Gasteiger partial charge in [-0.15, -0.1) is 0 Å². The second-order valence-electron chi connectivity index (χ2n) is 2.99. The fraction of sp³-hybridized carbons (Fsp3) is 1.00. The number of ether oxygens (including phenoxy) is 2. The highest BCUT2D eigenvalue weighted by Crippen LogP contribution is 2.31. The van der Waals surface area contributed by atoms with E-state index in [4.69, 9.17) is 14.6 Å². The lowest BCUT2D eigenvalue weighted by Crippen LogP contribution is -2.42. The lowest BCUT2D eigenvalue weighted by molar-refractivity contribution is -0.235. The van der Waals surface area contributed by atoms with Crippen molar-refractivity contribution in [3.8, 4) is 0 Å². The first-order valence-electron chi connectivity index (χ1n) is 3.75. The van der Waals surface area contributed by atoms with E-state index in [9.17, 15) is 10.2 Å². The van der Waals surface area contributed by atoms with Crippen LogP contribution in [-0.2, 0) is 9.47 Å². The average molecular weight is 178 g/mol. The smallest absolute Gasteiger partial charge is 0.194 e. The molecule has 0 amide bonds. The first-order chi connectivity index (χ1) is 5.55. The van der Waals surface area contributed by atoms with Gasteiger partial charge in [0, 0.05) is 7.11 Å². The topological polar surface area (TPSA) is 79.2 Å². The van der Waals surface area contributed by atoms with E-state index in [-0.39, 0.29) is 6.61 Å². The number of methoxy groups -OCH3 is 1. The van der Waals surface area contributed by atoms with Crippen molar-refractivity contribution in [3.63, 3.8) is 0 Å². The van der Waals surface area contributed by atoms with Crippen LogP contribution >= 0.6 is 0 Å². The lowest BCUT2D eigenvalue weighted by atomic mass is 10.1. The SMILES string of the molecule is COC1(C)O[C@H](CO)[C@@H](O)[C@H]1O. The van der Waals surface area contributed by atoms with Gasteiger partial charge in [-0.1, -0.05) is 0 Å². The maximum Gasteiger partial charge on any atom is 0.194 e. The summed E-state index contributed by atoms with van der Waals surface area (Å²) < 4.78 is 9.97. The van der Waals surface area contributed by atoms with Crippen LogP contribution in [0, 0.1) is 0 Å². The molecule has 0 aromatic rings. The van der Waals surface area contributed by atoms with E-state index in [1.807, 2.05) is 0 Å². The molecule has 1 aliphatic rings. The molecule has 0 aromatic carbocycles. The quantitative estimate of drug-likeness (QED) is 0.477.